The highest BCUT2D eigenvalue weighted by Gasteiger charge is 2.43. The molecule has 2 rings (SSSR count). The molecule has 15 heavy (non-hydrogen) atoms. The van der Waals surface area contributed by atoms with Gasteiger partial charge in [-0.1, -0.05) is 13.8 Å². The maximum Gasteiger partial charge on any atom is 0.0814 e. The van der Waals surface area contributed by atoms with Crippen LogP contribution in [0.25, 0.3) is 0 Å². The van der Waals surface area contributed by atoms with Crippen LogP contribution in [-0.2, 0) is 4.74 Å². The van der Waals surface area contributed by atoms with Crippen molar-refractivity contribution < 1.29 is 4.74 Å². The fourth-order valence-electron chi connectivity index (χ4n) is 2.91. The number of hydrogen-bond donors (Lipinski definition) is 1. The molecule has 1 aliphatic heterocycles. The molecule has 2 aliphatic rings. The van der Waals surface area contributed by atoms with Gasteiger partial charge in [0, 0.05) is 13.1 Å². The SMILES string of the molecule is CCC1(C)CNCC2(CCC(C)CC2)O1. The molecule has 1 N–H and O–H groups in total. The molecule has 2 heteroatoms. The topological polar surface area (TPSA) is 21.3 Å². The van der Waals surface area contributed by atoms with E-state index >= 15 is 0 Å². The van der Waals surface area contributed by atoms with E-state index in [0.717, 1.165) is 25.4 Å². The van der Waals surface area contributed by atoms with E-state index in [1.165, 1.54) is 25.7 Å². The largest absolute Gasteiger partial charge is 0.366 e. The lowest BCUT2D eigenvalue weighted by atomic mass is 9.77. The Morgan fingerprint density at radius 3 is 2.53 bits per heavy atom. The molecule has 1 atom stereocenters. The summed E-state index contributed by atoms with van der Waals surface area (Å²) in [7, 11) is 0. The van der Waals surface area contributed by atoms with Gasteiger partial charge in [-0.3, -0.25) is 0 Å². The summed E-state index contributed by atoms with van der Waals surface area (Å²) in [5.41, 5.74) is 0.231. The molecule has 2 nitrogen and oxygen atoms in total. The highest BCUT2D eigenvalue weighted by molar-refractivity contribution is 4.96. The van der Waals surface area contributed by atoms with Crippen molar-refractivity contribution in [2.75, 3.05) is 13.1 Å². The third-order valence-corrected chi connectivity index (χ3v) is 4.34. The van der Waals surface area contributed by atoms with Crippen molar-refractivity contribution in [2.45, 2.75) is 64.1 Å². The number of nitrogens with one attached hydrogen (secondary N) is 1. The zero-order valence-corrected chi connectivity index (χ0v) is 10.4. The van der Waals surface area contributed by atoms with Crippen LogP contribution in [0.1, 0.15) is 52.9 Å². The third kappa shape index (κ3) is 2.36. The average Bonchev–Trinajstić information content (AvgIpc) is 2.23. The fourth-order valence-corrected chi connectivity index (χ4v) is 2.91. The molecule has 0 aromatic heterocycles. The zero-order chi connectivity index (χ0) is 10.9. The number of rotatable bonds is 1. The van der Waals surface area contributed by atoms with Gasteiger partial charge in [0.1, 0.15) is 0 Å². The first-order valence-corrected chi connectivity index (χ1v) is 6.48. The molecule has 1 heterocycles. The van der Waals surface area contributed by atoms with E-state index in [0.29, 0.717) is 0 Å². The molecule has 0 aromatic rings. The molecule has 1 aliphatic carbocycles. The summed E-state index contributed by atoms with van der Waals surface area (Å²) < 4.78 is 6.44. The standard InChI is InChI=1S/C13H25NO/c1-4-12(3)9-14-10-13(15-12)7-5-11(2)6-8-13/h11,14H,4-10H2,1-3H3. The van der Waals surface area contributed by atoms with Crippen LogP contribution < -0.4 is 5.32 Å². The highest BCUT2D eigenvalue weighted by Crippen LogP contribution is 2.39. The van der Waals surface area contributed by atoms with E-state index < -0.39 is 0 Å². The number of morpholine rings is 1. The van der Waals surface area contributed by atoms with Crippen LogP contribution in [0, 0.1) is 5.92 Å². The Morgan fingerprint density at radius 2 is 1.93 bits per heavy atom. The molecule has 1 saturated carbocycles. The van der Waals surface area contributed by atoms with E-state index in [2.05, 4.69) is 26.1 Å². The van der Waals surface area contributed by atoms with E-state index in [9.17, 15) is 0 Å². The molecule has 0 amide bonds. The van der Waals surface area contributed by atoms with E-state index in [4.69, 9.17) is 4.74 Å². The Balaban J connectivity index is 2.02. The molecular weight excluding hydrogens is 186 g/mol. The number of ether oxygens (including phenoxy) is 1. The summed E-state index contributed by atoms with van der Waals surface area (Å²) in [5, 5.41) is 3.58. The van der Waals surface area contributed by atoms with E-state index in [1.807, 2.05) is 0 Å². The Hall–Kier alpha value is -0.0800. The van der Waals surface area contributed by atoms with Crippen molar-refractivity contribution in [3.8, 4) is 0 Å². The zero-order valence-electron chi connectivity index (χ0n) is 10.4. The lowest BCUT2D eigenvalue weighted by Gasteiger charge is -2.49. The summed E-state index contributed by atoms with van der Waals surface area (Å²) in [6.07, 6.45) is 6.27. The maximum atomic E-state index is 6.44. The summed E-state index contributed by atoms with van der Waals surface area (Å²) in [4.78, 5) is 0. The number of hydrogen-bond acceptors (Lipinski definition) is 2. The van der Waals surface area contributed by atoms with E-state index in [1.54, 1.807) is 0 Å². The molecular formula is C13H25NO. The van der Waals surface area contributed by atoms with Crippen molar-refractivity contribution in [1.29, 1.82) is 0 Å². The van der Waals surface area contributed by atoms with Gasteiger partial charge in [-0.2, -0.15) is 0 Å². The van der Waals surface area contributed by atoms with Crippen LogP contribution in [-0.4, -0.2) is 24.3 Å². The normalized spacial score (nSPS) is 47.0. The van der Waals surface area contributed by atoms with Crippen LogP contribution in [0.2, 0.25) is 0 Å². The van der Waals surface area contributed by atoms with Gasteiger partial charge in [-0.25, -0.2) is 0 Å². The second kappa shape index (κ2) is 4.06. The van der Waals surface area contributed by atoms with Crippen LogP contribution in [0.3, 0.4) is 0 Å². The van der Waals surface area contributed by atoms with Crippen LogP contribution >= 0.6 is 0 Å². The second-order valence-corrected chi connectivity index (χ2v) is 5.87. The molecule has 88 valence electrons. The minimum absolute atomic E-state index is 0.0683. The van der Waals surface area contributed by atoms with Crippen molar-refractivity contribution >= 4 is 0 Å². The lowest BCUT2D eigenvalue weighted by molar-refractivity contribution is -0.187. The van der Waals surface area contributed by atoms with Gasteiger partial charge in [0.15, 0.2) is 0 Å². The quantitative estimate of drug-likeness (QED) is 0.720. The van der Waals surface area contributed by atoms with Crippen molar-refractivity contribution in [1.82, 2.24) is 5.32 Å². The minimum Gasteiger partial charge on any atom is -0.366 e. The van der Waals surface area contributed by atoms with Crippen LogP contribution in [0.5, 0.6) is 0 Å². The fraction of sp³-hybridized carbons (Fsp3) is 1.00. The molecule has 0 aromatic carbocycles. The predicted molar refractivity (Wildman–Crippen MR) is 63.0 cm³/mol. The Morgan fingerprint density at radius 1 is 1.27 bits per heavy atom. The first kappa shape index (κ1) is 11.4. The second-order valence-electron chi connectivity index (χ2n) is 5.87. The van der Waals surface area contributed by atoms with Gasteiger partial charge in [0.2, 0.25) is 0 Å². The average molecular weight is 211 g/mol. The predicted octanol–water partition coefficient (Wildman–Crippen LogP) is 2.72. The lowest BCUT2D eigenvalue weighted by Crippen LogP contribution is -2.60. The van der Waals surface area contributed by atoms with Gasteiger partial charge in [0.25, 0.3) is 0 Å². The molecule has 1 saturated heterocycles. The minimum atomic E-state index is 0.0683. The van der Waals surface area contributed by atoms with Crippen LogP contribution in [0.4, 0.5) is 0 Å². The summed E-state index contributed by atoms with van der Waals surface area (Å²) in [5.74, 6) is 0.897. The maximum absolute atomic E-state index is 6.44. The first-order chi connectivity index (χ1) is 7.08. The molecule has 2 fully saturated rings. The third-order valence-electron chi connectivity index (χ3n) is 4.34. The van der Waals surface area contributed by atoms with Gasteiger partial charge >= 0.3 is 0 Å². The molecule has 0 radical (unpaired) electrons. The summed E-state index contributed by atoms with van der Waals surface area (Å²) in [6, 6.07) is 0. The van der Waals surface area contributed by atoms with Gasteiger partial charge in [-0.05, 0) is 44.9 Å². The van der Waals surface area contributed by atoms with Crippen molar-refractivity contribution in [3.05, 3.63) is 0 Å². The smallest absolute Gasteiger partial charge is 0.0814 e. The molecule has 1 spiro atoms. The Bertz CT molecular complexity index is 221. The summed E-state index contributed by atoms with van der Waals surface area (Å²) >= 11 is 0. The van der Waals surface area contributed by atoms with Gasteiger partial charge in [0.05, 0.1) is 11.2 Å². The first-order valence-electron chi connectivity index (χ1n) is 6.48. The van der Waals surface area contributed by atoms with Gasteiger partial charge < -0.3 is 10.1 Å². The summed E-state index contributed by atoms with van der Waals surface area (Å²) in [6.45, 7) is 8.92. The van der Waals surface area contributed by atoms with Gasteiger partial charge in [-0.15, -0.1) is 0 Å². The monoisotopic (exact) mass is 211 g/mol. The Labute approximate surface area is 93.8 Å². The van der Waals surface area contributed by atoms with E-state index in [-0.39, 0.29) is 11.2 Å². The van der Waals surface area contributed by atoms with Crippen LogP contribution in [0.15, 0.2) is 0 Å². The Kier molecular flexibility index (Phi) is 3.09. The van der Waals surface area contributed by atoms with Crippen molar-refractivity contribution in [3.63, 3.8) is 0 Å². The highest BCUT2D eigenvalue weighted by atomic mass is 16.5. The van der Waals surface area contributed by atoms with Crippen molar-refractivity contribution in [2.24, 2.45) is 5.92 Å². The molecule has 1 unspecified atom stereocenters. The molecule has 0 bridgehead atoms.